The maximum atomic E-state index is 6.51. The molecule has 2 aliphatic heterocycles. The lowest BCUT2D eigenvalue weighted by molar-refractivity contribution is -0.162. The van der Waals surface area contributed by atoms with Gasteiger partial charge in [-0.3, -0.25) is 0 Å². The molecule has 2 N–H and O–H groups in total. The van der Waals surface area contributed by atoms with Crippen molar-refractivity contribution in [2.45, 2.75) is 64.1 Å². The molecular formula is C21H28N2O3. The van der Waals surface area contributed by atoms with Crippen LogP contribution in [0.4, 0.5) is 0 Å². The van der Waals surface area contributed by atoms with E-state index in [1.165, 1.54) is 29.5 Å². The Kier molecular flexibility index (Phi) is 3.49. The molecule has 1 aliphatic carbocycles. The summed E-state index contributed by atoms with van der Waals surface area (Å²) in [5.41, 5.74) is 3.72. The van der Waals surface area contributed by atoms with Gasteiger partial charge in [0.25, 0.3) is 0 Å². The van der Waals surface area contributed by atoms with E-state index in [4.69, 9.17) is 14.2 Å². The lowest BCUT2D eigenvalue weighted by Crippen LogP contribution is -2.54. The fourth-order valence-electron chi connectivity index (χ4n) is 5.56. The minimum Gasteiger partial charge on any atom is -0.497 e. The molecule has 0 bridgehead atoms. The van der Waals surface area contributed by atoms with Gasteiger partial charge in [-0.05, 0) is 51.8 Å². The Morgan fingerprint density at radius 1 is 1.27 bits per heavy atom. The molecule has 0 unspecified atom stereocenters. The highest BCUT2D eigenvalue weighted by atomic mass is 16.8. The number of methoxy groups -OCH3 is 1. The van der Waals surface area contributed by atoms with E-state index in [1.54, 1.807) is 7.11 Å². The average molecular weight is 356 g/mol. The van der Waals surface area contributed by atoms with Gasteiger partial charge >= 0.3 is 0 Å². The number of fused-ring (bicyclic) bond motifs is 8. The van der Waals surface area contributed by atoms with Crippen LogP contribution in [0.1, 0.15) is 63.4 Å². The molecule has 1 aromatic heterocycles. The van der Waals surface area contributed by atoms with Crippen molar-refractivity contribution in [2.24, 2.45) is 5.41 Å². The second kappa shape index (κ2) is 5.47. The average Bonchev–Trinajstić information content (AvgIpc) is 3.18. The zero-order valence-corrected chi connectivity index (χ0v) is 16.0. The number of rotatable bonds is 2. The van der Waals surface area contributed by atoms with Crippen molar-refractivity contribution in [3.63, 3.8) is 0 Å². The Hall–Kier alpha value is -1.56. The number of aromatic amines is 1. The number of benzene rings is 1. The summed E-state index contributed by atoms with van der Waals surface area (Å²) < 4.78 is 18.4. The highest BCUT2D eigenvalue weighted by Gasteiger charge is 2.61. The molecule has 2 fully saturated rings. The molecule has 2 aromatic rings. The maximum Gasteiger partial charge on any atom is 0.164 e. The van der Waals surface area contributed by atoms with Crippen molar-refractivity contribution < 1.29 is 14.2 Å². The molecule has 140 valence electrons. The van der Waals surface area contributed by atoms with Gasteiger partial charge in [-0.25, -0.2) is 0 Å². The van der Waals surface area contributed by atoms with Crippen LogP contribution in [0.25, 0.3) is 10.9 Å². The summed E-state index contributed by atoms with van der Waals surface area (Å²) in [5.74, 6) is 0.311. The van der Waals surface area contributed by atoms with Gasteiger partial charge in [-0.2, -0.15) is 0 Å². The van der Waals surface area contributed by atoms with Gasteiger partial charge in [-0.15, -0.1) is 0 Å². The Bertz CT molecular complexity index is 858. The number of hydrogen-bond donors (Lipinski definition) is 2. The quantitative estimate of drug-likeness (QED) is 0.847. The minimum absolute atomic E-state index is 0.0468. The van der Waals surface area contributed by atoms with Crippen molar-refractivity contribution in [3.8, 4) is 5.75 Å². The van der Waals surface area contributed by atoms with E-state index in [0.29, 0.717) is 0 Å². The van der Waals surface area contributed by atoms with Crippen LogP contribution in [-0.2, 0) is 9.47 Å². The number of ether oxygens (including phenoxy) is 3. The fourth-order valence-corrected chi connectivity index (χ4v) is 5.56. The third-order valence-corrected chi connectivity index (χ3v) is 6.71. The van der Waals surface area contributed by atoms with E-state index in [1.807, 2.05) is 13.8 Å². The topological polar surface area (TPSA) is 55.5 Å². The largest absolute Gasteiger partial charge is 0.497 e. The lowest BCUT2D eigenvalue weighted by Gasteiger charge is -2.51. The summed E-state index contributed by atoms with van der Waals surface area (Å²) in [4.78, 5) is 3.65. The van der Waals surface area contributed by atoms with Crippen LogP contribution in [-0.4, -0.2) is 30.5 Å². The summed E-state index contributed by atoms with van der Waals surface area (Å²) >= 11 is 0. The summed E-state index contributed by atoms with van der Waals surface area (Å²) in [6.45, 7) is 7.42. The Morgan fingerprint density at radius 3 is 2.88 bits per heavy atom. The number of hydrogen-bond acceptors (Lipinski definition) is 4. The van der Waals surface area contributed by atoms with Gasteiger partial charge in [0.2, 0.25) is 0 Å². The molecule has 5 rings (SSSR count). The van der Waals surface area contributed by atoms with E-state index < -0.39 is 5.79 Å². The first-order valence-corrected chi connectivity index (χ1v) is 9.77. The molecule has 0 amide bonds. The molecule has 5 heteroatoms. The number of piperidine rings is 1. The molecule has 5 nitrogen and oxygen atoms in total. The number of nitrogens with one attached hydrogen (secondary N) is 2. The third kappa shape index (κ3) is 2.08. The van der Waals surface area contributed by atoms with Crippen LogP contribution < -0.4 is 10.1 Å². The van der Waals surface area contributed by atoms with Crippen LogP contribution in [0, 0.1) is 5.41 Å². The SMILES string of the molecule is CC[C@@]12CCCN[C@@H]1c1c([nH]c3cc(OC)ccc13)[C@@H]1OC(C)(C)O[C@@H]12. The van der Waals surface area contributed by atoms with Gasteiger partial charge in [0.1, 0.15) is 18.0 Å². The molecule has 0 radical (unpaired) electrons. The second-order valence-corrected chi connectivity index (χ2v) is 8.42. The van der Waals surface area contributed by atoms with Gasteiger partial charge in [0.15, 0.2) is 5.79 Å². The van der Waals surface area contributed by atoms with Crippen LogP contribution in [0.15, 0.2) is 18.2 Å². The zero-order valence-electron chi connectivity index (χ0n) is 16.0. The molecular weight excluding hydrogens is 328 g/mol. The lowest BCUT2D eigenvalue weighted by atomic mass is 9.61. The first-order chi connectivity index (χ1) is 12.5. The van der Waals surface area contributed by atoms with Crippen molar-refractivity contribution in [1.82, 2.24) is 10.3 Å². The highest BCUT2D eigenvalue weighted by molar-refractivity contribution is 5.87. The molecule has 0 saturated carbocycles. The van der Waals surface area contributed by atoms with Crippen LogP contribution in [0.2, 0.25) is 0 Å². The van der Waals surface area contributed by atoms with Crippen molar-refractivity contribution in [3.05, 3.63) is 29.5 Å². The summed E-state index contributed by atoms with van der Waals surface area (Å²) in [6, 6.07) is 6.60. The van der Waals surface area contributed by atoms with Crippen LogP contribution >= 0.6 is 0 Å². The van der Waals surface area contributed by atoms with E-state index in [0.717, 1.165) is 24.2 Å². The number of aromatic nitrogens is 1. The Morgan fingerprint density at radius 2 is 2.12 bits per heavy atom. The third-order valence-electron chi connectivity index (χ3n) is 6.71. The first kappa shape index (κ1) is 16.6. The first-order valence-electron chi connectivity index (χ1n) is 9.77. The van der Waals surface area contributed by atoms with E-state index in [9.17, 15) is 0 Å². The van der Waals surface area contributed by atoms with Crippen LogP contribution in [0.5, 0.6) is 5.75 Å². The predicted octanol–water partition coefficient (Wildman–Crippen LogP) is 4.20. The summed E-state index contributed by atoms with van der Waals surface area (Å²) in [5, 5.41) is 5.10. The molecule has 3 heterocycles. The Balaban J connectivity index is 1.77. The summed E-state index contributed by atoms with van der Waals surface area (Å²) in [7, 11) is 1.71. The van der Waals surface area contributed by atoms with E-state index in [-0.39, 0.29) is 23.7 Å². The van der Waals surface area contributed by atoms with Gasteiger partial charge in [0, 0.05) is 34.0 Å². The van der Waals surface area contributed by atoms with Crippen LogP contribution in [0.3, 0.4) is 0 Å². The standard InChI is InChI=1S/C21H28N2O3/c1-5-21-9-6-10-22-18(21)15-13-8-7-12(24-4)11-14(13)23-16(15)17-19(21)26-20(2,3)25-17/h7-8,11,17-19,22-23H,5-6,9-10H2,1-4H3/t17-,18+,19-,21+/m0/s1. The van der Waals surface area contributed by atoms with E-state index in [2.05, 4.69) is 35.4 Å². The molecule has 0 spiro atoms. The van der Waals surface area contributed by atoms with Gasteiger partial charge < -0.3 is 24.5 Å². The van der Waals surface area contributed by atoms with Gasteiger partial charge in [-0.1, -0.05) is 6.92 Å². The molecule has 2 saturated heterocycles. The molecule has 26 heavy (non-hydrogen) atoms. The molecule has 1 aromatic carbocycles. The highest BCUT2D eigenvalue weighted by Crippen LogP contribution is 2.61. The number of H-pyrrole nitrogens is 1. The smallest absolute Gasteiger partial charge is 0.164 e. The fraction of sp³-hybridized carbons (Fsp3) is 0.619. The molecule has 4 atom stereocenters. The normalized spacial score (nSPS) is 35.0. The van der Waals surface area contributed by atoms with Crippen molar-refractivity contribution in [1.29, 1.82) is 0 Å². The van der Waals surface area contributed by atoms with Crippen molar-refractivity contribution in [2.75, 3.05) is 13.7 Å². The zero-order chi connectivity index (χ0) is 18.1. The predicted molar refractivity (Wildman–Crippen MR) is 100 cm³/mol. The second-order valence-electron chi connectivity index (χ2n) is 8.42. The van der Waals surface area contributed by atoms with Gasteiger partial charge in [0.05, 0.1) is 12.8 Å². The summed E-state index contributed by atoms with van der Waals surface area (Å²) in [6.07, 6.45) is 3.46. The minimum atomic E-state index is -0.559. The monoisotopic (exact) mass is 356 g/mol. The maximum absolute atomic E-state index is 6.51. The Labute approximate surface area is 154 Å². The van der Waals surface area contributed by atoms with Crippen molar-refractivity contribution >= 4 is 10.9 Å². The molecule has 3 aliphatic rings. The van der Waals surface area contributed by atoms with E-state index >= 15 is 0 Å².